The van der Waals surface area contributed by atoms with Crippen molar-refractivity contribution in [3.8, 4) is 0 Å². The zero-order valence-corrected chi connectivity index (χ0v) is 20.5. The molecule has 0 bridgehead atoms. The molecule has 2 saturated heterocycles. The molecule has 3 aliphatic rings. The van der Waals surface area contributed by atoms with Crippen LogP contribution in [0.1, 0.15) is 29.0 Å². The Hall–Kier alpha value is -3.10. The fourth-order valence-electron chi connectivity index (χ4n) is 5.28. The van der Waals surface area contributed by atoms with Gasteiger partial charge in [-0.3, -0.25) is 19.7 Å². The molecule has 1 spiro atoms. The molecule has 182 valence electrons. The Balaban J connectivity index is 1.28. The second-order valence-corrected chi connectivity index (χ2v) is 10.9. The number of hydrogen-bond acceptors (Lipinski definition) is 4. The van der Waals surface area contributed by atoms with Gasteiger partial charge in [-0.25, -0.2) is 4.79 Å². The van der Waals surface area contributed by atoms with Crippen molar-refractivity contribution in [2.45, 2.75) is 35.1 Å². The number of urea groups is 1. The standard InChI is InChI=1S/C25H24Cl2N4O4/c1-30-23(35)29-21(33)24(30)10-16-7-8-19(9-17(16)11-24)28-20(32)14-31-13-18(12-25(26,27)22(31)34)15-5-3-2-4-6-15/h2-9,18H,10-14H2,1H3,(H,28,32)(H,29,33,35). The minimum atomic E-state index is -1.60. The number of alkyl halides is 2. The minimum Gasteiger partial charge on any atom is -0.330 e. The highest BCUT2D eigenvalue weighted by Gasteiger charge is 2.54. The molecule has 8 nitrogen and oxygen atoms in total. The van der Waals surface area contributed by atoms with Gasteiger partial charge < -0.3 is 15.1 Å². The number of nitrogens with one attached hydrogen (secondary N) is 2. The number of piperidine rings is 1. The number of carbonyl (C=O) groups excluding carboxylic acids is 4. The average Bonchev–Trinajstić information content (AvgIpc) is 3.30. The number of rotatable bonds is 4. The predicted octanol–water partition coefficient (Wildman–Crippen LogP) is 2.83. The number of halogens is 2. The number of likely N-dealkylation sites (tertiary alicyclic amines) is 1. The summed E-state index contributed by atoms with van der Waals surface area (Å²) in [6, 6.07) is 14.6. The van der Waals surface area contributed by atoms with E-state index in [-0.39, 0.29) is 30.7 Å². The van der Waals surface area contributed by atoms with Crippen LogP contribution < -0.4 is 10.6 Å². The van der Waals surface area contributed by atoms with Crippen LogP contribution in [0.4, 0.5) is 10.5 Å². The van der Waals surface area contributed by atoms with E-state index in [4.69, 9.17) is 23.2 Å². The summed E-state index contributed by atoms with van der Waals surface area (Å²) in [6.45, 7) is 0.143. The van der Waals surface area contributed by atoms with E-state index in [1.807, 2.05) is 42.5 Å². The van der Waals surface area contributed by atoms with Crippen molar-refractivity contribution >= 4 is 52.6 Å². The molecular weight excluding hydrogens is 491 g/mol. The molecule has 5 amide bonds. The highest BCUT2D eigenvalue weighted by atomic mass is 35.5. The normalized spacial score (nSPS) is 25.1. The van der Waals surface area contributed by atoms with E-state index in [1.165, 1.54) is 9.80 Å². The van der Waals surface area contributed by atoms with Gasteiger partial charge in [0.1, 0.15) is 5.54 Å². The van der Waals surface area contributed by atoms with Crippen LogP contribution >= 0.6 is 23.2 Å². The Morgan fingerprint density at radius 3 is 2.49 bits per heavy atom. The third kappa shape index (κ3) is 4.15. The zero-order valence-electron chi connectivity index (χ0n) is 19.0. The summed E-state index contributed by atoms with van der Waals surface area (Å²) in [5, 5.41) is 5.20. The minimum absolute atomic E-state index is 0.0925. The van der Waals surface area contributed by atoms with Crippen molar-refractivity contribution in [3.05, 3.63) is 65.2 Å². The fourth-order valence-corrected chi connectivity index (χ4v) is 5.89. The van der Waals surface area contributed by atoms with Gasteiger partial charge >= 0.3 is 6.03 Å². The van der Waals surface area contributed by atoms with Crippen LogP contribution in [0.2, 0.25) is 0 Å². The molecule has 0 aromatic heterocycles. The van der Waals surface area contributed by atoms with Crippen LogP contribution in [0.25, 0.3) is 0 Å². The van der Waals surface area contributed by atoms with Gasteiger partial charge in [0.25, 0.3) is 11.8 Å². The predicted molar refractivity (Wildman–Crippen MR) is 131 cm³/mol. The lowest BCUT2D eigenvalue weighted by Gasteiger charge is -2.38. The number of benzene rings is 2. The summed E-state index contributed by atoms with van der Waals surface area (Å²) in [4.78, 5) is 53.0. The van der Waals surface area contributed by atoms with Gasteiger partial charge in [-0.2, -0.15) is 0 Å². The molecule has 2 atom stereocenters. The summed E-state index contributed by atoms with van der Waals surface area (Å²) in [5.74, 6) is -1.27. The smallest absolute Gasteiger partial charge is 0.324 e. The lowest BCUT2D eigenvalue weighted by molar-refractivity contribution is -0.137. The maximum absolute atomic E-state index is 12.9. The molecule has 5 rings (SSSR count). The quantitative estimate of drug-likeness (QED) is 0.484. The van der Waals surface area contributed by atoms with Crippen LogP contribution in [-0.2, 0) is 27.2 Å². The van der Waals surface area contributed by atoms with E-state index in [0.29, 0.717) is 25.1 Å². The molecular formula is C25H24Cl2N4O4. The van der Waals surface area contributed by atoms with Gasteiger partial charge in [0, 0.05) is 38.0 Å². The van der Waals surface area contributed by atoms with Crippen molar-refractivity contribution in [2.24, 2.45) is 0 Å². The maximum Gasteiger partial charge on any atom is 0.324 e. The largest absolute Gasteiger partial charge is 0.330 e. The van der Waals surface area contributed by atoms with Crippen LogP contribution in [0, 0.1) is 0 Å². The second-order valence-electron chi connectivity index (χ2n) is 9.44. The van der Waals surface area contributed by atoms with Gasteiger partial charge in [-0.1, -0.05) is 59.6 Å². The van der Waals surface area contributed by atoms with Crippen molar-refractivity contribution in [1.29, 1.82) is 0 Å². The van der Waals surface area contributed by atoms with E-state index >= 15 is 0 Å². The SMILES string of the molecule is CN1C(=O)NC(=O)C12Cc1ccc(NC(=O)CN3CC(c4ccccc4)CC(Cl)(Cl)C3=O)cc1C2. The molecule has 2 fully saturated rings. The number of nitrogens with zero attached hydrogens (tertiary/aromatic N) is 2. The third-order valence-corrected chi connectivity index (χ3v) is 7.83. The first-order valence-electron chi connectivity index (χ1n) is 11.3. The van der Waals surface area contributed by atoms with E-state index < -0.39 is 21.8 Å². The first-order valence-corrected chi connectivity index (χ1v) is 12.1. The van der Waals surface area contributed by atoms with Crippen molar-refractivity contribution < 1.29 is 19.2 Å². The number of imide groups is 1. The Morgan fingerprint density at radius 2 is 1.80 bits per heavy atom. The second kappa shape index (κ2) is 8.53. The van der Waals surface area contributed by atoms with Gasteiger partial charge in [0.15, 0.2) is 4.33 Å². The first-order chi connectivity index (χ1) is 16.6. The number of likely N-dealkylation sites (N-methyl/N-ethyl adjacent to an activating group) is 1. The molecule has 2 aromatic rings. The molecule has 0 saturated carbocycles. The van der Waals surface area contributed by atoms with Crippen LogP contribution in [0.15, 0.2) is 48.5 Å². The van der Waals surface area contributed by atoms with Crippen LogP contribution in [-0.4, -0.2) is 63.6 Å². The van der Waals surface area contributed by atoms with Crippen molar-refractivity contribution in [3.63, 3.8) is 0 Å². The number of anilines is 1. The Labute approximate surface area is 212 Å². The summed E-state index contributed by atoms with van der Waals surface area (Å²) in [5.41, 5.74) is 2.45. The fraction of sp³-hybridized carbons (Fsp3) is 0.360. The maximum atomic E-state index is 12.9. The molecule has 2 aliphatic heterocycles. The summed E-state index contributed by atoms with van der Waals surface area (Å²) >= 11 is 12.7. The number of hydrogen-bond donors (Lipinski definition) is 2. The molecule has 2 N–H and O–H groups in total. The zero-order chi connectivity index (χ0) is 25.0. The highest BCUT2D eigenvalue weighted by Crippen LogP contribution is 2.41. The Kier molecular flexibility index (Phi) is 5.76. The first kappa shape index (κ1) is 23.6. The Morgan fingerprint density at radius 1 is 1.09 bits per heavy atom. The third-order valence-electron chi connectivity index (χ3n) is 7.19. The lowest BCUT2D eigenvalue weighted by atomic mass is 9.89. The number of amides is 5. The topological polar surface area (TPSA) is 98.8 Å². The number of carbonyl (C=O) groups is 4. The molecule has 2 heterocycles. The molecule has 35 heavy (non-hydrogen) atoms. The lowest BCUT2D eigenvalue weighted by Crippen LogP contribution is -2.52. The van der Waals surface area contributed by atoms with E-state index in [2.05, 4.69) is 10.6 Å². The van der Waals surface area contributed by atoms with Crippen LogP contribution in [0.3, 0.4) is 0 Å². The summed E-state index contributed by atoms with van der Waals surface area (Å²) in [7, 11) is 1.61. The highest BCUT2D eigenvalue weighted by molar-refractivity contribution is 6.58. The van der Waals surface area contributed by atoms with Gasteiger partial charge in [0.05, 0.1) is 6.54 Å². The monoisotopic (exact) mass is 514 g/mol. The molecule has 0 radical (unpaired) electrons. The molecule has 1 aliphatic carbocycles. The van der Waals surface area contributed by atoms with E-state index in [9.17, 15) is 19.2 Å². The van der Waals surface area contributed by atoms with Crippen molar-refractivity contribution in [1.82, 2.24) is 15.1 Å². The van der Waals surface area contributed by atoms with E-state index in [1.54, 1.807) is 13.1 Å². The van der Waals surface area contributed by atoms with Crippen LogP contribution in [0.5, 0.6) is 0 Å². The molecule has 10 heteroatoms. The molecule has 2 unspecified atom stereocenters. The summed E-state index contributed by atoms with van der Waals surface area (Å²) in [6.07, 6.45) is 1.06. The average molecular weight is 515 g/mol. The molecule has 2 aromatic carbocycles. The van der Waals surface area contributed by atoms with Gasteiger partial charge in [-0.05, 0) is 35.2 Å². The van der Waals surface area contributed by atoms with Crippen molar-refractivity contribution in [2.75, 3.05) is 25.5 Å². The number of fused-ring (bicyclic) bond motifs is 1. The summed E-state index contributed by atoms with van der Waals surface area (Å²) < 4.78 is -1.60. The Bertz CT molecular complexity index is 1240. The van der Waals surface area contributed by atoms with Gasteiger partial charge in [-0.15, -0.1) is 0 Å². The van der Waals surface area contributed by atoms with E-state index in [0.717, 1.165) is 16.7 Å². The van der Waals surface area contributed by atoms with Gasteiger partial charge in [0.2, 0.25) is 5.91 Å².